The van der Waals surface area contributed by atoms with Crippen LogP contribution in [-0.4, -0.2) is 19.3 Å². The standard InChI is InChI=1S/C31H28N4/c1-21-10-8-13-23(20-21)34-30(27-17-9-12-22-11-2-3-14-24(22)27)32-33-31(34)35-28-18-6-4-15-25(28)26-16-5-7-19-29(26)35/h4-9,12-13,15-21H,2-3,10-11,14H2,1H3. The minimum atomic E-state index is 0.473. The van der Waals surface area contributed by atoms with Gasteiger partial charge in [-0.25, -0.2) is 0 Å². The summed E-state index contributed by atoms with van der Waals surface area (Å²) in [6.45, 7) is 2.28. The lowest BCUT2D eigenvalue weighted by Gasteiger charge is -2.21. The number of hydrogen-bond donors (Lipinski definition) is 0. The van der Waals surface area contributed by atoms with E-state index >= 15 is 0 Å². The van der Waals surface area contributed by atoms with Crippen LogP contribution in [0.1, 0.15) is 37.3 Å². The molecule has 1 atom stereocenters. The third-order valence-corrected chi connectivity index (χ3v) is 7.57. The van der Waals surface area contributed by atoms with Gasteiger partial charge < -0.3 is 0 Å². The lowest BCUT2D eigenvalue weighted by atomic mass is 9.88. The van der Waals surface area contributed by atoms with Gasteiger partial charge in [0.1, 0.15) is 0 Å². The molecule has 0 radical (unpaired) electrons. The first-order valence-electron chi connectivity index (χ1n) is 12.7. The maximum Gasteiger partial charge on any atom is 0.241 e. The molecule has 0 bridgehead atoms. The van der Waals surface area contributed by atoms with E-state index in [1.807, 2.05) is 0 Å². The van der Waals surface area contributed by atoms with Crippen LogP contribution in [0.15, 0.2) is 85.0 Å². The Labute approximate surface area is 205 Å². The van der Waals surface area contributed by atoms with Gasteiger partial charge in [0.05, 0.1) is 11.0 Å². The average Bonchev–Trinajstić information content (AvgIpc) is 3.47. The maximum absolute atomic E-state index is 4.89. The van der Waals surface area contributed by atoms with Gasteiger partial charge in [-0.2, -0.15) is 0 Å². The Hall–Kier alpha value is -3.92. The Morgan fingerprint density at radius 1 is 0.771 bits per heavy atom. The van der Waals surface area contributed by atoms with Crippen LogP contribution in [0.5, 0.6) is 0 Å². The van der Waals surface area contributed by atoms with E-state index in [2.05, 4.69) is 101 Å². The SMILES string of the molecule is CC1C=C(n2c(-c3cccc4c3CCCC4)nnc2-n2c3ccccc3c3ccccc32)C=CC1. The molecule has 2 aromatic heterocycles. The Bertz CT molecular complexity index is 1590. The van der Waals surface area contributed by atoms with E-state index in [1.165, 1.54) is 40.3 Å². The second-order valence-corrected chi connectivity index (χ2v) is 9.89. The van der Waals surface area contributed by atoms with Crippen LogP contribution >= 0.6 is 0 Å². The Balaban J connectivity index is 1.56. The molecule has 0 fully saturated rings. The first-order valence-corrected chi connectivity index (χ1v) is 12.7. The largest absolute Gasteiger partial charge is 0.278 e. The number of allylic oxidation sites excluding steroid dienone is 4. The smallest absolute Gasteiger partial charge is 0.241 e. The summed E-state index contributed by atoms with van der Waals surface area (Å²) in [6, 6.07) is 23.9. The summed E-state index contributed by atoms with van der Waals surface area (Å²) in [5, 5.41) is 12.2. The first-order chi connectivity index (χ1) is 17.3. The van der Waals surface area contributed by atoms with Crippen molar-refractivity contribution in [3.05, 3.63) is 96.1 Å². The molecule has 7 rings (SSSR count). The Morgan fingerprint density at radius 2 is 1.51 bits per heavy atom. The second-order valence-electron chi connectivity index (χ2n) is 9.89. The van der Waals surface area contributed by atoms with Gasteiger partial charge in [-0.3, -0.25) is 9.13 Å². The van der Waals surface area contributed by atoms with Gasteiger partial charge in [0.25, 0.3) is 0 Å². The molecule has 172 valence electrons. The van der Waals surface area contributed by atoms with E-state index in [1.54, 1.807) is 0 Å². The number of aryl methyl sites for hydroxylation is 1. The van der Waals surface area contributed by atoms with Gasteiger partial charge in [0, 0.05) is 22.0 Å². The van der Waals surface area contributed by atoms with Crippen molar-refractivity contribution in [3.8, 4) is 17.3 Å². The number of aromatic nitrogens is 4. The van der Waals surface area contributed by atoms with Gasteiger partial charge in [0.2, 0.25) is 5.95 Å². The molecular weight excluding hydrogens is 428 g/mol. The molecule has 0 N–H and O–H groups in total. The molecule has 4 nitrogen and oxygen atoms in total. The van der Waals surface area contributed by atoms with Crippen LogP contribution in [0.25, 0.3) is 44.8 Å². The molecule has 4 heteroatoms. The highest BCUT2D eigenvalue weighted by atomic mass is 15.4. The van der Waals surface area contributed by atoms with Gasteiger partial charge in [-0.1, -0.05) is 73.7 Å². The third-order valence-electron chi connectivity index (χ3n) is 7.57. The summed E-state index contributed by atoms with van der Waals surface area (Å²) < 4.78 is 4.57. The minimum absolute atomic E-state index is 0.473. The first kappa shape index (κ1) is 20.5. The molecule has 0 spiro atoms. The van der Waals surface area contributed by atoms with Crippen molar-refractivity contribution in [2.75, 3.05) is 0 Å². The summed E-state index contributed by atoms with van der Waals surface area (Å²) in [6.07, 6.45) is 12.7. The molecule has 2 heterocycles. The van der Waals surface area contributed by atoms with Crippen molar-refractivity contribution < 1.29 is 0 Å². The quantitative estimate of drug-likeness (QED) is 0.284. The molecule has 0 amide bonds. The van der Waals surface area contributed by atoms with Crippen LogP contribution < -0.4 is 0 Å². The van der Waals surface area contributed by atoms with Crippen molar-refractivity contribution in [3.63, 3.8) is 0 Å². The summed E-state index contributed by atoms with van der Waals surface area (Å²) in [5.41, 5.74) is 7.57. The molecule has 5 aromatic rings. The zero-order valence-corrected chi connectivity index (χ0v) is 20.0. The number of para-hydroxylation sites is 2. The second kappa shape index (κ2) is 8.09. The van der Waals surface area contributed by atoms with E-state index in [-0.39, 0.29) is 0 Å². The van der Waals surface area contributed by atoms with Crippen molar-refractivity contribution in [1.82, 2.24) is 19.3 Å². The highest BCUT2D eigenvalue weighted by Gasteiger charge is 2.25. The van der Waals surface area contributed by atoms with Crippen LogP contribution in [0.4, 0.5) is 0 Å². The van der Waals surface area contributed by atoms with Gasteiger partial charge in [-0.05, 0) is 67.4 Å². The molecule has 0 saturated heterocycles. The predicted octanol–water partition coefficient (Wildman–Crippen LogP) is 7.36. The van der Waals surface area contributed by atoms with Crippen molar-refractivity contribution in [2.45, 2.75) is 39.0 Å². The molecule has 2 aliphatic carbocycles. The lowest BCUT2D eigenvalue weighted by molar-refractivity contribution is 0.686. The van der Waals surface area contributed by atoms with E-state index in [0.29, 0.717) is 5.92 Å². The molecule has 3 aromatic carbocycles. The van der Waals surface area contributed by atoms with Gasteiger partial charge in [-0.15, -0.1) is 10.2 Å². The van der Waals surface area contributed by atoms with E-state index < -0.39 is 0 Å². The van der Waals surface area contributed by atoms with Crippen LogP contribution in [0.2, 0.25) is 0 Å². The maximum atomic E-state index is 4.89. The van der Waals surface area contributed by atoms with E-state index in [4.69, 9.17) is 10.2 Å². The number of nitrogens with zero attached hydrogens (tertiary/aromatic N) is 4. The van der Waals surface area contributed by atoms with Crippen molar-refractivity contribution in [2.24, 2.45) is 5.92 Å². The van der Waals surface area contributed by atoms with Crippen LogP contribution in [0.3, 0.4) is 0 Å². The average molecular weight is 457 g/mol. The molecular formula is C31H28N4. The number of fused-ring (bicyclic) bond motifs is 4. The summed E-state index contributed by atoms with van der Waals surface area (Å²) in [5.74, 6) is 2.25. The minimum Gasteiger partial charge on any atom is -0.278 e. The van der Waals surface area contributed by atoms with E-state index in [0.717, 1.165) is 47.8 Å². The van der Waals surface area contributed by atoms with Gasteiger partial charge in [0.15, 0.2) is 5.82 Å². The summed E-state index contributed by atoms with van der Waals surface area (Å²) in [7, 11) is 0. The normalized spacial score (nSPS) is 17.6. The summed E-state index contributed by atoms with van der Waals surface area (Å²) in [4.78, 5) is 0. The van der Waals surface area contributed by atoms with Crippen LogP contribution in [-0.2, 0) is 12.8 Å². The fourth-order valence-corrected chi connectivity index (χ4v) is 5.93. The van der Waals surface area contributed by atoms with Crippen molar-refractivity contribution >= 4 is 27.5 Å². The number of hydrogen-bond acceptors (Lipinski definition) is 2. The lowest BCUT2D eigenvalue weighted by Crippen LogP contribution is -2.11. The molecule has 0 saturated carbocycles. The molecule has 1 unspecified atom stereocenters. The Kier molecular flexibility index (Phi) is 4.73. The zero-order valence-electron chi connectivity index (χ0n) is 20.0. The highest BCUT2D eigenvalue weighted by Crippen LogP contribution is 2.37. The van der Waals surface area contributed by atoms with Crippen molar-refractivity contribution in [1.29, 1.82) is 0 Å². The number of rotatable bonds is 3. The molecule has 0 aliphatic heterocycles. The van der Waals surface area contributed by atoms with Crippen LogP contribution in [0, 0.1) is 5.92 Å². The number of benzene rings is 3. The summed E-state index contributed by atoms with van der Waals surface area (Å²) >= 11 is 0. The fraction of sp³-hybridized carbons (Fsp3) is 0.226. The van der Waals surface area contributed by atoms with E-state index in [9.17, 15) is 0 Å². The van der Waals surface area contributed by atoms with Gasteiger partial charge >= 0.3 is 0 Å². The highest BCUT2D eigenvalue weighted by molar-refractivity contribution is 6.09. The molecule has 35 heavy (non-hydrogen) atoms. The topological polar surface area (TPSA) is 35.6 Å². The predicted molar refractivity (Wildman–Crippen MR) is 144 cm³/mol. The molecule has 2 aliphatic rings. The Morgan fingerprint density at radius 3 is 2.29 bits per heavy atom. The monoisotopic (exact) mass is 456 g/mol. The third kappa shape index (κ3) is 3.20. The fourth-order valence-electron chi connectivity index (χ4n) is 5.93. The zero-order chi connectivity index (χ0) is 23.4.